The molecule has 0 bridgehead atoms. The van der Waals surface area contributed by atoms with Crippen LogP contribution in [-0.4, -0.2) is 29.7 Å². The standard InChI is InChI=1S/C11H19N3O2/c1-5-16-11-6-9(12-8(2)3)13-10(14-11)7-15-4/h6,8H,5,7H2,1-4H3,(H,12,13,14). The van der Waals surface area contributed by atoms with Crippen LogP contribution in [0.4, 0.5) is 5.82 Å². The molecule has 1 heterocycles. The SMILES string of the molecule is CCOc1cc(NC(C)C)nc(COC)n1. The lowest BCUT2D eigenvalue weighted by molar-refractivity contribution is 0.176. The van der Waals surface area contributed by atoms with Gasteiger partial charge in [-0.3, -0.25) is 0 Å². The summed E-state index contributed by atoms with van der Waals surface area (Å²) in [4.78, 5) is 8.54. The Morgan fingerprint density at radius 1 is 1.38 bits per heavy atom. The van der Waals surface area contributed by atoms with Crippen LogP contribution in [0.25, 0.3) is 0 Å². The number of nitrogens with zero attached hydrogens (tertiary/aromatic N) is 2. The average molecular weight is 225 g/mol. The molecular formula is C11H19N3O2. The molecule has 0 saturated carbocycles. The summed E-state index contributed by atoms with van der Waals surface area (Å²) < 4.78 is 10.4. The van der Waals surface area contributed by atoms with E-state index in [-0.39, 0.29) is 0 Å². The Balaban J connectivity index is 2.88. The second-order valence-corrected chi connectivity index (χ2v) is 3.67. The van der Waals surface area contributed by atoms with Gasteiger partial charge in [-0.1, -0.05) is 0 Å². The van der Waals surface area contributed by atoms with Crippen molar-refractivity contribution in [3.05, 3.63) is 11.9 Å². The summed E-state index contributed by atoms with van der Waals surface area (Å²) in [5, 5.41) is 3.22. The lowest BCUT2D eigenvalue weighted by Gasteiger charge is -2.11. The van der Waals surface area contributed by atoms with Crippen molar-refractivity contribution in [3.8, 4) is 5.88 Å². The molecular weight excluding hydrogens is 206 g/mol. The number of nitrogens with one attached hydrogen (secondary N) is 1. The van der Waals surface area contributed by atoms with Crippen LogP contribution in [-0.2, 0) is 11.3 Å². The predicted octanol–water partition coefficient (Wildman–Crippen LogP) is 1.84. The zero-order chi connectivity index (χ0) is 12.0. The third kappa shape index (κ3) is 4.02. The molecule has 16 heavy (non-hydrogen) atoms. The Bertz CT molecular complexity index is 305. The van der Waals surface area contributed by atoms with E-state index in [1.165, 1.54) is 0 Å². The summed E-state index contributed by atoms with van der Waals surface area (Å²) in [5.41, 5.74) is 0. The summed E-state index contributed by atoms with van der Waals surface area (Å²) >= 11 is 0. The number of rotatable bonds is 6. The normalized spacial score (nSPS) is 10.6. The minimum Gasteiger partial charge on any atom is -0.478 e. The van der Waals surface area contributed by atoms with Crippen molar-refractivity contribution in [2.24, 2.45) is 0 Å². The van der Waals surface area contributed by atoms with Crippen LogP contribution in [0.1, 0.15) is 26.6 Å². The molecule has 0 aliphatic heterocycles. The van der Waals surface area contributed by atoms with Crippen LogP contribution in [0.5, 0.6) is 5.88 Å². The van der Waals surface area contributed by atoms with Crippen LogP contribution >= 0.6 is 0 Å². The first-order valence-electron chi connectivity index (χ1n) is 5.42. The fourth-order valence-corrected chi connectivity index (χ4v) is 1.26. The maximum absolute atomic E-state index is 5.37. The number of methoxy groups -OCH3 is 1. The number of hydrogen-bond acceptors (Lipinski definition) is 5. The van der Waals surface area contributed by atoms with Gasteiger partial charge in [0.05, 0.1) is 6.61 Å². The highest BCUT2D eigenvalue weighted by Gasteiger charge is 2.06. The highest BCUT2D eigenvalue weighted by Crippen LogP contribution is 2.14. The van der Waals surface area contributed by atoms with E-state index in [2.05, 4.69) is 29.1 Å². The summed E-state index contributed by atoms with van der Waals surface area (Å²) in [7, 11) is 1.62. The Morgan fingerprint density at radius 3 is 2.69 bits per heavy atom. The maximum Gasteiger partial charge on any atom is 0.218 e. The molecule has 5 heteroatoms. The van der Waals surface area contributed by atoms with Gasteiger partial charge in [-0.25, -0.2) is 4.98 Å². The van der Waals surface area contributed by atoms with Crippen LogP contribution in [0.3, 0.4) is 0 Å². The first-order chi connectivity index (χ1) is 7.65. The topological polar surface area (TPSA) is 56.3 Å². The first-order valence-corrected chi connectivity index (χ1v) is 5.42. The number of hydrogen-bond donors (Lipinski definition) is 1. The van der Waals surface area contributed by atoms with Gasteiger partial charge in [0.1, 0.15) is 12.4 Å². The van der Waals surface area contributed by atoms with Crippen molar-refractivity contribution in [3.63, 3.8) is 0 Å². The second kappa shape index (κ2) is 6.27. The molecule has 0 aromatic carbocycles. The molecule has 0 atom stereocenters. The summed E-state index contributed by atoms with van der Waals surface area (Å²) in [6.45, 7) is 7.00. The first kappa shape index (κ1) is 12.7. The van der Waals surface area contributed by atoms with Crippen LogP contribution in [0.15, 0.2) is 6.07 Å². The van der Waals surface area contributed by atoms with Gasteiger partial charge >= 0.3 is 0 Å². The molecule has 0 aliphatic carbocycles. The van der Waals surface area contributed by atoms with Gasteiger partial charge in [0.2, 0.25) is 5.88 Å². The lowest BCUT2D eigenvalue weighted by Crippen LogP contribution is -2.13. The number of anilines is 1. The number of aromatic nitrogens is 2. The van der Waals surface area contributed by atoms with E-state index >= 15 is 0 Å². The lowest BCUT2D eigenvalue weighted by atomic mass is 10.4. The highest BCUT2D eigenvalue weighted by atomic mass is 16.5. The molecule has 1 aromatic heterocycles. The Hall–Kier alpha value is -1.36. The van der Waals surface area contributed by atoms with E-state index in [1.807, 2.05) is 6.92 Å². The molecule has 1 rings (SSSR count). The Morgan fingerprint density at radius 2 is 2.12 bits per heavy atom. The van der Waals surface area contributed by atoms with Crippen LogP contribution in [0, 0.1) is 0 Å². The van der Waals surface area contributed by atoms with Crippen molar-refractivity contribution in [1.29, 1.82) is 0 Å². The summed E-state index contributed by atoms with van der Waals surface area (Å²) in [6.07, 6.45) is 0. The fourth-order valence-electron chi connectivity index (χ4n) is 1.26. The van der Waals surface area contributed by atoms with Crippen molar-refractivity contribution < 1.29 is 9.47 Å². The van der Waals surface area contributed by atoms with Gasteiger partial charge in [-0.2, -0.15) is 4.98 Å². The van der Waals surface area contributed by atoms with E-state index in [0.717, 1.165) is 5.82 Å². The molecule has 0 aliphatic rings. The van der Waals surface area contributed by atoms with Gasteiger partial charge in [-0.05, 0) is 20.8 Å². The molecule has 1 aromatic rings. The monoisotopic (exact) mass is 225 g/mol. The minimum atomic E-state index is 0.319. The van der Waals surface area contributed by atoms with Crippen molar-refractivity contribution >= 4 is 5.82 Å². The quantitative estimate of drug-likeness (QED) is 0.800. The molecule has 0 radical (unpaired) electrons. The smallest absolute Gasteiger partial charge is 0.218 e. The van der Waals surface area contributed by atoms with Crippen molar-refractivity contribution in [2.45, 2.75) is 33.4 Å². The zero-order valence-corrected chi connectivity index (χ0v) is 10.3. The number of ether oxygens (including phenoxy) is 2. The zero-order valence-electron chi connectivity index (χ0n) is 10.3. The van der Waals surface area contributed by atoms with Crippen LogP contribution in [0.2, 0.25) is 0 Å². The molecule has 0 unspecified atom stereocenters. The van der Waals surface area contributed by atoms with Gasteiger partial charge in [-0.15, -0.1) is 0 Å². The van der Waals surface area contributed by atoms with Crippen molar-refractivity contribution in [2.75, 3.05) is 19.0 Å². The van der Waals surface area contributed by atoms with Gasteiger partial charge in [0, 0.05) is 19.2 Å². The van der Waals surface area contributed by atoms with Gasteiger partial charge in [0.15, 0.2) is 5.82 Å². The second-order valence-electron chi connectivity index (χ2n) is 3.67. The average Bonchev–Trinajstić information content (AvgIpc) is 2.17. The van der Waals surface area contributed by atoms with E-state index in [4.69, 9.17) is 9.47 Å². The van der Waals surface area contributed by atoms with Gasteiger partial charge < -0.3 is 14.8 Å². The third-order valence-electron chi connectivity index (χ3n) is 1.75. The highest BCUT2D eigenvalue weighted by molar-refractivity contribution is 5.39. The molecule has 1 N–H and O–H groups in total. The Labute approximate surface area is 96.2 Å². The summed E-state index contributed by atoms with van der Waals surface area (Å²) in [6, 6.07) is 2.11. The Kier molecular flexibility index (Phi) is 4.98. The maximum atomic E-state index is 5.37. The molecule has 90 valence electrons. The van der Waals surface area contributed by atoms with E-state index in [1.54, 1.807) is 13.2 Å². The summed E-state index contributed by atoms with van der Waals surface area (Å²) in [5.74, 6) is 1.96. The van der Waals surface area contributed by atoms with E-state index in [9.17, 15) is 0 Å². The van der Waals surface area contributed by atoms with Gasteiger partial charge in [0.25, 0.3) is 0 Å². The third-order valence-corrected chi connectivity index (χ3v) is 1.75. The molecule has 0 amide bonds. The fraction of sp³-hybridized carbons (Fsp3) is 0.636. The predicted molar refractivity (Wildman–Crippen MR) is 62.7 cm³/mol. The minimum absolute atomic E-state index is 0.319. The van der Waals surface area contributed by atoms with E-state index in [0.29, 0.717) is 31.0 Å². The molecule has 0 fully saturated rings. The largest absolute Gasteiger partial charge is 0.478 e. The molecule has 5 nitrogen and oxygen atoms in total. The molecule has 0 saturated heterocycles. The van der Waals surface area contributed by atoms with Crippen molar-refractivity contribution in [1.82, 2.24) is 9.97 Å². The van der Waals surface area contributed by atoms with Crippen LogP contribution < -0.4 is 10.1 Å². The van der Waals surface area contributed by atoms with E-state index < -0.39 is 0 Å². The molecule has 0 spiro atoms.